The van der Waals surface area contributed by atoms with Crippen LogP contribution in [0.3, 0.4) is 0 Å². The number of aryl methyl sites for hydroxylation is 1. The number of likely N-dealkylation sites (tertiary alicyclic amines) is 1. The van der Waals surface area contributed by atoms with Gasteiger partial charge in [0.2, 0.25) is 0 Å². The molecule has 7 nitrogen and oxygen atoms in total. The van der Waals surface area contributed by atoms with Crippen molar-refractivity contribution in [3.05, 3.63) is 11.9 Å². The molecule has 0 aliphatic carbocycles. The minimum atomic E-state index is -0.281. The molecule has 1 aliphatic rings. The molecule has 1 aliphatic heterocycles. The Bertz CT molecular complexity index is 511. The first kappa shape index (κ1) is 13.4. The van der Waals surface area contributed by atoms with E-state index >= 15 is 0 Å². The molecule has 7 heteroatoms. The molecule has 2 heterocycles. The lowest BCUT2D eigenvalue weighted by Crippen LogP contribution is -2.31. The van der Waals surface area contributed by atoms with Gasteiger partial charge in [0.25, 0.3) is 5.91 Å². The predicted molar refractivity (Wildman–Crippen MR) is 68.2 cm³/mol. The average molecular weight is 266 g/mol. The second kappa shape index (κ2) is 4.91. The Balaban J connectivity index is 2.14. The van der Waals surface area contributed by atoms with Gasteiger partial charge in [0, 0.05) is 26.3 Å². The Morgan fingerprint density at radius 3 is 2.68 bits per heavy atom. The number of nitrogens with two attached hydrogens (primary N) is 1. The molecule has 0 radical (unpaired) electrons. The Morgan fingerprint density at radius 1 is 1.47 bits per heavy atom. The molecule has 1 fully saturated rings. The number of nitrogen functional groups attached to an aromatic ring is 1. The molecular formula is C12H18N4O3. The molecule has 104 valence electrons. The molecule has 0 aromatic carbocycles. The van der Waals surface area contributed by atoms with Crippen LogP contribution in [0.4, 0.5) is 5.69 Å². The van der Waals surface area contributed by atoms with Gasteiger partial charge in [-0.05, 0) is 5.92 Å². The molecule has 2 N–H and O–H groups in total. The van der Waals surface area contributed by atoms with Crippen LogP contribution in [0.1, 0.15) is 17.4 Å². The minimum Gasteiger partial charge on any atom is -0.469 e. The van der Waals surface area contributed by atoms with Crippen molar-refractivity contribution in [1.29, 1.82) is 0 Å². The number of hydrogen-bond acceptors (Lipinski definition) is 5. The largest absolute Gasteiger partial charge is 0.469 e. The molecule has 2 atom stereocenters. The Kier molecular flexibility index (Phi) is 3.46. The van der Waals surface area contributed by atoms with Crippen LogP contribution in [-0.2, 0) is 16.6 Å². The molecule has 1 aromatic heterocycles. The highest BCUT2D eigenvalue weighted by Crippen LogP contribution is 2.26. The van der Waals surface area contributed by atoms with Crippen LogP contribution >= 0.6 is 0 Å². The number of carbonyl (C=O) groups excluding carboxylic acids is 2. The van der Waals surface area contributed by atoms with Gasteiger partial charge in [0.05, 0.1) is 18.7 Å². The van der Waals surface area contributed by atoms with E-state index in [2.05, 4.69) is 5.10 Å². The molecule has 0 spiro atoms. The third-order valence-electron chi connectivity index (χ3n) is 3.46. The number of ether oxygens (including phenoxy) is 1. The number of carbonyl (C=O) groups is 2. The second-order valence-corrected chi connectivity index (χ2v) is 4.92. The molecule has 2 rings (SSSR count). The fourth-order valence-corrected chi connectivity index (χ4v) is 2.41. The lowest BCUT2D eigenvalue weighted by atomic mass is 9.99. The van der Waals surface area contributed by atoms with Crippen LogP contribution < -0.4 is 5.73 Å². The highest BCUT2D eigenvalue weighted by Gasteiger charge is 2.38. The molecule has 1 aromatic rings. The summed E-state index contributed by atoms with van der Waals surface area (Å²) in [5.74, 6) is -0.728. The summed E-state index contributed by atoms with van der Waals surface area (Å²) >= 11 is 0. The summed E-state index contributed by atoms with van der Waals surface area (Å²) in [5.41, 5.74) is 6.33. The van der Waals surface area contributed by atoms with Gasteiger partial charge in [-0.1, -0.05) is 6.92 Å². The van der Waals surface area contributed by atoms with Gasteiger partial charge < -0.3 is 15.4 Å². The van der Waals surface area contributed by atoms with E-state index in [4.69, 9.17) is 10.5 Å². The summed E-state index contributed by atoms with van der Waals surface area (Å²) in [5, 5.41) is 4.05. The van der Waals surface area contributed by atoms with Crippen molar-refractivity contribution in [2.24, 2.45) is 18.9 Å². The molecular weight excluding hydrogens is 248 g/mol. The lowest BCUT2D eigenvalue weighted by Gasteiger charge is -2.14. The van der Waals surface area contributed by atoms with Crippen molar-refractivity contribution < 1.29 is 14.3 Å². The molecule has 0 saturated carbocycles. The number of esters is 1. The first-order chi connectivity index (χ1) is 8.93. The number of hydrogen-bond donors (Lipinski definition) is 1. The third kappa shape index (κ3) is 2.40. The number of rotatable bonds is 2. The standard InChI is InChI=1S/C12H18N4O3/c1-7-4-16(5-8(7)12(18)19-3)11(17)10-9(13)6-15(2)14-10/h6-8H,4-5,13H2,1-3H3. The van der Waals surface area contributed by atoms with Crippen molar-refractivity contribution >= 4 is 17.6 Å². The Hall–Kier alpha value is -2.05. The fourth-order valence-electron chi connectivity index (χ4n) is 2.41. The Labute approximate surface area is 111 Å². The topological polar surface area (TPSA) is 90.5 Å². The normalized spacial score (nSPS) is 22.6. The number of aromatic nitrogens is 2. The summed E-state index contributed by atoms with van der Waals surface area (Å²) < 4.78 is 6.24. The smallest absolute Gasteiger partial charge is 0.310 e. The minimum absolute atomic E-state index is 0.0707. The van der Waals surface area contributed by atoms with Crippen molar-refractivity contribution in [3.63, 3.8) is 0 Å². The maximum atomic E-state index is 12.3. The van der Waals surface area contributed by atoms with Crippen molar-refractivity contribution in [1.82, 2.24) is 14.7 Å². The van der Waals surface area contributed by atoms with E-state index in [1.807, 2.05) is 6.92 Å². The van der Waals surface area contributed by atoms with E-state index in [0.29, 0.717) is 18.8 Å². The van der Waals surface area contributed by atoms with E-state index in [-0.39, 0.29) is 29.4 Å². The van der Waals surface area contributed by atoms with Crippen molar-refractivity contribution in [2.45, 2.75) is 6.92 Å². The summed E-state index contributed by atoms with van der Waals surface area (Å²) in [6, 6.07) is 0. The van der Waals surface area contributed by atoms with Crippen molar-refractivity contribution in [2.75, 3.05) is 25.9 Å². The van der Waals surface area contributed by atoms with Crippen LogP contribution in [0, 0.1) is 11.8 Å². The van der Waals surface area contributed by atoms with Gasteiger partial charge in [0.1, 0.15) is 0 Å². The molecule has 1 amide bonds. The number of anilines is 1. The number of methoxy groups -OCH3 is 1. The van der Waals surface area contributed by atoms with E-state index in [1.165, 1.54) is 11.8 Å². The van der Waals surface area contributed by atoms with Gasteiger partial charge in [-0.3, -0.25) is 14.3 Å². The van der Waals surface area contributed by atoms with Gasteiger partial charge in [-0.2, -0.15) is 5.10 Å². The average Bonchev–Trinajstić information content (AvgIpc) is 2.90. The van der Waals surface area contributed by atoms with Gasteiger partial charge in [0.15, 0.2) is 5.69 Å². The predicted octanol–water partition coefficient (Wildman–Crippen LogP) is -0.117. The van der Waals surface area contributed by atoms with Crippen LogP contribution in [-0.4, -0.2) is 46.8 Å². The van der Waals surface area contributed by atoms with Crippen LogP contribution in [0.25, 0.3) is 0 Å². The van der Waals surface area contributed by atoms with E-state index < -0.39 is 0 Å². The summed E-state index contributed by atoms with van der Waals surface area (Å²) in [7, 11) is 3.06. The quantitative estimate of drug-likeness (QED) is 0.754. The highest BCUT2D eigenvalue weighted by molar-refractivity contribution is 5.97. The van der Waals surface area contributed by atoms with Crippen LogP contribution in [0.5, 0.6) is 0 Å². The van der Waals surface area contributed by atoms with E-state index in [1.54, 1.807) is 18.1 Å². The number of nitrogens with zero attached hydrogens (tertiary/aromatic N) is 3. The van der Waals surface area contributed by atoms with Crippen molar-refractivity contribution in [3.8, 4) is 0 Å². The zero-order chi connectivity index (χ0) is 14.2. The van der Waals surface area contributed by atoms with Gasteiger partial charge >= 0.3 is 5.97 Å². The Morgan fingerprint density at radius 2 is 2.16 bits per heavy atom. The maximum absolute atomic E-state index is 12.3. The molecule has 19 heavy (non-hydrogen) atoms. The first-order valence-electron chi connectivity index (χ1n) is 6.10. The van der Waals surface area contributed by atoms with Crippen LogP contribution in [0.2, 0.25) is 0 Å². The lowest BCUT2D eigenvalue weighted by molar-refractivity contribution is -0.146. The van der Waals surface area contributed by atoms with Gasteiger partial charge in [-0.25, -0.2) is 0 Å². The number of amides is 1. The van der Waals surface area contributed by atoms with E-state index in [9.17, 15) is 9.59 Å². The highest BCUT2D eigenvalue weighted by atomic mass is 16.5. The molecule has 2 unspecified atom stereocenters. The molecule has 0 bridgehead atoms. The summed E-state index contributed by atoms with van der Waals surface area (Å²) in [4.78, 5) is 25.5. The summed E-state index contributed by atoms with van der Waals surface area (Å²) in [6.45, 7) is 2.79. The SMILES string of the molecule is COC(=O)C1CN(C(=O)c2nn(C)cc2N)CC1C. The zero-order valence-electron chi connectivity index (χ0n) is 11.3. The summed E-state index contributed by atoms with van der Waals surface area (Å²) in [6.07, 6.45) is 1.59. The maximum Gasteiger partial charge on any atom is 0.310 e. The third-order valence-corrected chi connectivity index (χ3v) is 3.46. The monoisotopic (exact) mass is 266 g/mol. The second-order valence-electron chi connectivity index (χ2n) is 4.92. The first-order valence-corrected chi connectivity index (χ1v) is 6.10. The van der Waals surface area contributed by atoms with E-state index in [0.717, 1.165) is 0 Å². The van der Waals surface area contributed by atoms with Gasteiger partial charge in [-0.15, -0.1) is 0 Å². The molecule has 1 saturated heterocycles. The zero-order valence-corrected chi connectivity index (χ0v) is 11.3. The van der Waals surface area contributed by atoms with Crippen LogP contribution in [0.15, 0.2) is 6.20 Å². The fraction of sp³-hybridized carbons (Fsp3) is 0.583.